The Morgan fingerprint density at radius 3 is 1.49 bits per heavy atom. The van der Waals surface area contributed by atoms with E-state index in [9.17, 15) is 23.6 Å². The van der Waals surface area contributed by atoms with Gasteiger partial charge in [0.15, 0.2) is 0 Å². The molecule has 0 saturated heterocycles. The van der Waals surface area contributed by atoms with Gasteiger partial charge in [0.25, 0.3) is 23.6 Å². The largest absolute Gasteiger partial charge is 0.277 e. The predicted octanol–water partition coefficient (Wildman–Crippen LogP) is 5.99. The minimum absolute atomic E-state index is 0.370. The van der Waals surface area contributed by atoms with E-state index in [0.717, 1.165) is 42.1 Å². The van der Waals surface area contributed by atoms with Crippen LogP contribution in [0, 0.1) is 5.82 Å². The van der Waals surface area contributed by atoms with Crippen LogP contribution >= 0.6 is 0 Å². The molecule has 4 amide bonds. The van der Waals surface area contributed by atoms with Crippen LogP contribution in [0.1, 0.15) is 41.4 Å². The number of hydrogen-bond acceptors (Lipinski definition) is 4. The average molecular weight is 512 g/mol. The number of benzene rings is 6. The molecule has 0 fully saturated rings. The Morgan fingerprint density at radius 2 is 0.923 bits per heavy atom. The first-order valence-corrected chi connectivity index (χ1v) is 12.4. The molecule has 0 unspecified atom stereocenters. The van der Waals surface area contributed by atoms with Gasteiger partial charge in [-0.1, -0.05) is 30.3 Å². The van der Waals surface area contributed by atoms with E-state index >= 15 is 0 Å². The van der Waals surface area contributed by atoms with Gasteiger partial charge in [0.2, 0.25) is 0 Å². The van der Waals surface area contributed by atoms with Gasteiger partial charge in [-0.05, 0) is 79.8 Å². The highest BCUT2D eigenvalue weighted by Crippen LogP contribution is 2.49. The second kappa shape index (κ2) is 7.02. The van der Waals surface area contributed by atoms with Gasteiger partial charge in [-0.3, -0.25) is 29.0 Å². The summed E-state index contributed by atoms with van der Waals surface area (Å²) in [7, 11) is 2.94. The summed E-state index contributed by atoms with van der Waals surface area (Å²) < 4.78 is 13.9. The van der Waals surface area contributed by atoms with Gasteiger partial charge in [0, 0.05) is 47.1 Å². The van der Waals surface area contributed by atoms with Crippen molar-refractivity contribution in [3.63, 3.8) is 0 Å². The summed E-state index contributed by atoms with van der Waals surface area (Å²) in [6.07, 6.45) is 0. The molecule has 0 spiro atoms. The second-order valence-electron chi connectivity index (χ2n) is 10.2. The lowest BCUT2D eigenvalue weighted by Gasteiger charge is -2.29. The van der Waals surface area contributed by atoms with Gasteiger partial charge in [-0.25, -0.2) is 4.39 Å². The zero-order valence-electron chi connectivity index (χ0n) is 20.8. The molecule has 186 valence electrons. The van der Waals surface area contributed by atoms with Crippen molar-refractivity contribution in [2.45, 2.75) is 0 Å². The van der Waals surface area contributed by atoms with E-state index in [0.29, 0.717) is 44.2 Å². The van der Waals surface area contributed by atoms with Crippen molar-refractivity contribution in [2.24, 2.45) is 0 Å². The molecule has 0 saturated carbocycles. The van der Waals surface area contributed by atoms with E-state index in [-0.39, 0.29) is 23.5 Å². The molecule has 0 bridgehead atoms. The molecule has 0 aliphatic carbocycles. The van der Waals surface area contributed by atoms with Gasteiger partial charge in [-0.15, -0.1) is 0 Å². The third kappa shape index (κ3) is 2.50. The molecule has 6 aromatic carbocycles. The number of fused-ring (bicyclic) bond motifs is 2. The summed E-state index contributed by atoms with van der Waals surface area (Å²) in [5, 5.41) is 5.86. The normalized spacial score (nSPS) is 15.2. The van der Waals surface area contributed by atoms with Crippen LogP contribution in [0.3, 0.4) is 0 Å². The minimum atomic E-state index is -0.408. The van der Waals surface area contributed by atoms with Gasteiger partial charge >= 0.3 is 0 Å². The maximum Gasteiger partial charge on any atom is 0.261 e. The van der Waals surface area contributed by atoms with Crippen molar-refractivity contribution in [1.29, 1.82) is 0 Å². The third-order valence-electron chi connectivity index (χ3n) is 8.30. The monoisotopic (exact) mass is 512 g/mol. The predicted molar refractivity (Wildman–Crippen MR) is 146 cm³/mol. The maximum atomic E-state index is 13.9. The van der Waals surface area contributed by atoms with Crippen molar-refractivity contribution < 1.29 is 23.6 Å². The molecular formula is C32H17FN2O4. The average Bonchev–Trinajstić information content (AvgIpc) is 2.95. The van der Waals surface area contributed by atoms with E-state index in [1.807, 2.05) is 18.2 Å². The Labute approximate surface area is 220 Å². The highest BCUT2D eigenvalue weighted by atomic mass is 19.1. The first-order chi connectivity index (χ1) is 18.8. The number of imide groups is 2. The zero-order chi connectivity index (χ0) is 26.9. The van der Waals surface area contributed by atoms with Crippen molar-refractivity contribution >= 4 is 66.7 Å². The Kier molecular flexibility index (Phi) is 3.94. The van der Waals surface area contributed by atoms with Crippen LogP contribution in [0.2, 0.25) is 0 Å². The molecule has 0 N–H and O–H groups in total. The van der Waals surface area contributed by atoms with Crippen LogP contribution in [0.25, 0.3) is 54.2 Å². The lowest BCUT2D eigenvalue weighted by atomic mass is 9.80. The molecule has 0 radical (unpaired) electrons. The van der Waals surface area contributed by atoms with Crippen LogP contribution in [0.4, 0.5) is 4.39 Å². The van der Waals surface area contributed by atoms with E-state index in [1.165, 1.54) is 26.2 Å². The SMILES string of the molecule is CN1C(=O)c2ccc3c4ccc5c6c(cc(-c7ccc(F)cc7)c(c7ccc(c2c37)C1=O)c64)C(=O)N(C)C5=O. The fraction of sp³-hybridized carbons (Fsp3) is 0.0625. The molecule has 39 heavy (non-hydrogen) atoms. The van der Waals surface area contributed by atoms with E-state index in [1.54, 1.807) is 36.4 Å². The van der Waals surface area contributed by atoms with Crippen LogP contribution in [0.5, 0.6) is 0 Å². The molecule has 7 heteroatoms. The highest BCUT2D eigenvalue weighted by Gasteiger charge is 2.35. The molecule has 8 rings (SSSR count). The van der Waals surface area contributed by atoms with Gasteiger partial charge in [-0.2, -0.15) is 0 Å². The number of nitrogens with zero attached hydrogens (tertiary/aromatic N) is 2. The zero-order valence-corrected chi connectivity index (χ0v) is 20.8. The highest BCUT2D eigenvalue weighted by molar-refractivity contribution is 6.42. The smallest absolute Gasteiger partial charge is 0.261 e. The summed E-state index contributed by atoms with van der Waals surface area (Å²) in [5.41, 5.74) is 3.11. The van der Waals surface area contributed by atoms with Crippen LogP contribution in [0.15, 0.2) is 66.7 Å². The molecule has 2 aliphatic rings. The second-order valence-corrected chi connectivity index (χ2v) is 10.2. The van der Waals surface area contributed by atoms with Crippen LogP contribution in [-0.4, -0.2) is 47.5 Å². The Balaban J connectivity index is 1.68. The summed E-state index contributed by atoms with van der Waals surface area (Å²) in [6, 6.07) is 18.6. The Morgan fingerprint density at radius 1 is 0.462 bits per heavy atom. The van der Waals surface area contributed by atoms with Gasteiger partial charge in [0.1, 0.15) is 5.82 Å². The molecule has 0 atom stereocenters. The maximum absolute atomic E-state index is 13.9. The van der Waals surface area contributed by atoms with Crippen LogP contribution in [-0.2, 0) is 0 Å². The van der Waals surface area contributed by atoms with Gasteiger partial charge < -0.3 is 0 Å². The lowest BCUT2D eigenvalue weighted by Crippen LogP contribution is -2.37. The van der Waals surface area contributed by atoms with Crippen molar-refractivity contribution in [2.75, 3.05) is 14.1 Å². The first kappa shape index (κ1) is 21.9. The third-order valence-corrected chi connectivity index (χ3v) is 8.30. The number of carbonyl (C=O) groups excluding carboxylic acids is 4. The van der Waals surface area contributed by atoms with Crippen molar-refractivity contribution in [3.05, 3.63) is 94.8 Å². The van der Waals surface area contributed by atoms with E-state index in [2.05, 4.69) is 0 Å². The number of carbonyl (C=O) groups is 4. The fourth-order valence-electron chi connectivity index (χ4n) is 6.47. The summed E-state index contributed by atoms with van der Waals surface area (Å²) in [5.74, 6) is -1.91. The van der Waals surface area contributed by atoms with Crippen LogP contribution < -0.4 is 0 Å². The molecule has 6 nitrogen and oxygen atoms in total. The molecule has 6 aromatic rings. The summed E-state index contributed by atoms with van der Waals surface area (Å²) >= 11 is 0. The minimum Gasteiger partial charge on any atom is -0.277 e. The Hall–Kier alpha value is -5.17. The lowest BCUT2D eigenvalue weighted by molar-refractivity contribution is 0.0635. The molecule has 2 aliphatic heterocycles. The number of amides is 4. The topological polar surface area (TPSA) is 74.8 Å². The van der Waals surface area contributed by atoms with E-state index in [4.69, 9.17) is 0 Å². The number of rotatable bonds is 1. The Bertz CT molecular complexity index is 2160. The number of halogens is 1. The summed E-state index contributed by atoms with van der Waals surface area (Å²) in [4.78, 5) is 55.1. The molecule has 2 heterocycles. The fourth-order valence-corrected chi connectivity index (χ4v) is 6.47. The first-order valence-electron chi connectivity index (χ1n) is 12.4. The van der Waals surface area contributed by atoms with Crippen molar-refractivity contribution in [1.82, 2.24) is 9.80 Å². The molecule has 0 aromatic heterocycles. The standard InChI is InChI=1S/C32H17FN2O4/c1-34-29(36)19-10-7-16-17-8-11-21-27-23(32(39)35(2)31(21)38)13-22(14-3-5-15(33)6-4-14)25(28(17)27)18-9-12-20(30(34)37)26(19)24(16)18/h3-13H,1-2H3. The number of hydrogen-bond donors (Lipinski definition) is 0. The van der Waals surface area contributed by atoms with E-state index < -0.39 is 5.91 Å². The molecular weight excluding hydrogens is 495 g/mol. The summed E-state index contributed by atoms with van der Waals surface area (Å²) in [6.45, 7) is 0. The van der Waals surface area contributed by atoms with Crippen molar-refractivity contribution in [3.8, 4) is 11.1 Å². The van der Waals surface area contributed by atoms with Gasteiger partial charge in [0.05, 0.1) is 0 Å². The quantitative estimate of drug-likeness (QED) is 0.154.